The van der Waals surface area contributed by atoms with Gasteiger partial charge in [-0.25, -0.2) is 0 Å². The lowest BCUT2D eigenvalue weighted by Crippen LogP contribution is -2.37. The second-order valence-corrected chi connectivity index (χ2v) is 5.80. The van der Waals surface area contributed by atoms with E-state index in [-0.39, 0.29) is 5.91 Å². The fourth-order valence-electron chi connectivity index (χ4n) is 2.33. The second kappa shape index (κ2) is 9.18. The molecule has 1 atom stereocenters. The third kappa shape index (κ3) is 5.17. The molecule has 2 rings (SSSR count). The Morgan fingerprint density at radius 3 is 2.50 bits per heavy atom. The summed E-state index contributed by atoms with van der Waals surface area (Å²) in [6, 6.07) is 15.0. The van der Waals surface area contributed by atoms with Crippen LogP contribution in [0.4, 0.5) is 0 Å². The quantitative estimate of drug-likeness (QED) is 0.737. The molecule has 24 heavy (non-hydrogen) atoms. The van der Waals surface area contributed by atoms with Crippen LogP contribution in [0.5, 0.6) is 11.5 Å². The molecule has 0 aliphatic carbocycles. The van der Waals surface area contributed by atoms with Gasteiger partial charge in [-0.15, -0.1) is 0 Å². The summed E-state index contributed by atoms with van der Waals surface area (Å²) in [6.07, 6.45) is 1.06. The maximum absolute atomic E-state index is 12.1. The molecular formula is C19H22ClNO3. The predicted octanol–water partition coefficient (Wildman–Crippen LogP) is 3.86. The van der Waals surface area contributed by atoms with Crippen LogP contribution in [-0.2, 0) is 11.2 Å². The van der Waals surface area contributed by atoms with Gasteiger partial charge in [-0.05, 0) is 43.5 Å². The molecule has 2 aromatic rings. The molecule has 0 unspecified atom stereocenters. The zero-order chi connectivity index (χ0) is 17.4. The molecule has 0 fully saturated rings. The summed E-state index contributed by atoms with van der Waals surface area (Å²) in [5.74, 6) is 1.23. The summed E-state index contributed by atoms with van der Waals surface area (Å²) in [5.41, 5.74) is 1.13. The van der Waals surface area contributed by atoms with Gasteiger partial charge in [-0.2, -0.15) is 0 Å². The maximum atomic E-state index is 12.1. The Hall–Kier alpha value is -2.20. The van der Waals surface area contributed by atoms with Crippen molar-refractivity contribution in [3.8, 4) is 11.5 Å². The zero-order valence-electron chi connectivity index (χ0n) is 13.9. The Morgan fingerprint density at radius 2 is 1.79 bits per heavy atom. The van der Waals surface area contributed by atoms with Gasteiger partial charge in [0.05, 0.1) is 12.1 Å². The molecule has 0 saturated heterocycles. The minimum Gasteiger partial charge on any atom is -0.496 e. The van der Waals surface area contributed by atoms with Gasteiger partial charge < -0.3 is 14.8 Å². The standard InChI is InChI=1S/C19H22ClNO3/c1-14(24-18-12-6-4-10-16(18)20)19(22)21-13-7-9-15-8-3-5-11-17(15)23-2/h3-6,8,10-12,14H,7,9,13H2,1-2H3,(H,21,22)/t14-/m1/s1. The van der Waals surface area contributed by atoms with E-state index in [1.807, 2.05) is 36.4 Å². The van der Waals surface area contributed by atoms with Crippen molar-refractivity contribution in [1.82, 2.24) is 5.32 Å². The summed E-state index contributed by atoms with van der Waals surface area (Å²) in [4.78, 5) is 12.1. The van der Waals surface area contributed by atoms with E-state index in [9.17, 15) is 4.79 Å². The van der Waals surface area contributed by atoms with Crippen molar-refractivity contribution in [3.63, 3.8) is 0 Å². The molecule has 0 aliphatic heterocycles. The van der Waals surface area contributed by atoms with Gasteiger partial charge in [0, 0.05) is 6.54 Å². The van der Waals surface area contributed by atoms with E-state index in [2.05, 4.69) is 5.32 Å². The SMILES string of the molecule is COc1ccccc1CCCNC(=O)[C@@H](C)Oc1ccccc1Cl. The highest BCUT2D eigenvalue weighted by molar-refractivity contribution is 6.32. The van der Waals surface area contributed by atoms with Crippen LogP contribution in [0.25, 0.3) is 0 Å². The number of rotatable bonds is 8. The Labute approximate surface area is 147 Å². The second-order valence-electron chi connectivity index (χ2n) is 5.40. The molecule has 0 aliphatic rings. The highest BCUT2D eigenvalue weighted by atomic mass is 35.5. The minimum atomic E-state index is -0.601. The molecule has 0 bridgehead atoms. The lowest BCUT2D eigenvalue weighted by Gasteiger charge is -2.15. The first-order valence-electron chi connectivity index (χ1n) is 7.92. The monoisotopic (exact) mass is 347 g/mol. The van der Waals surface area contributed by atoms with Crippen LogP contribution >= 0.6 is 11.6 Å². The molecule has 5 heteroatoms. The summed E-state index contributed by atoms with van der Waals surface area (Å²) < 4.78 is 10.9. The molecule has 0 saturated carbocycles. The molecule has 4 nitrogen and oxygen atoms in total. The number of para-hydroxylation sites is 2. The van der Waals surface area contributed by atoms with E-state index in [1.54, 1.807) is 26.2 Å². The Kier molecular flexibility index (Phi) is 6.94. The number of carbonyl (C=O) groups is 1. The average Bonchev–Trinajstić information content (AvgIpc) is 2.60. The van der Waals surface area contributed by atoms with Crippen molar-refractivity contribution in [2.45, 2.75) is 25.9 Å². The number of hydrogen-bond acceptors (Lipinski definition) is 3. The molecule has 1 N–H and O–H groups in total. The molecule has 128 valence electrons. The van der Waals surface area contributed by atoms with Crippen LogP contribution in [0, 0.1) is 0 Å². The van der Waals surface area contributed by atoms with Crippen molar-refractivity contribution < 1.29 is 14.3 Å². The van der Waals surface area contributed by atoms with Crippen LogP contribution in [0.3, 0.4) is 0 Å². The van der Waals surface area contributed by atoms with Gasteiger partial charge in [-0.1, -0.05) is 41.9 Å². The first-order chi connectivity index (χ1) is 11.6. The number of halogens is 1. The largest absolute Gasteiger partial charge is 0.496 e. The highest BCUT2D eigenvalue weighted by Crippen LogP contribution is 2.24. The summed E-state index contributed by atoms with van der Waals surface area (Å²) in [6.45, 7) is 2.28. The van der Waals surface area contributed by atoms with Crippen molar-refractivity contribution >= 4 is 17.5 Å². The predicted molar refractivity (Wildman–Crippen MR) is 95.9 cm³/mol. The van der Waals surface area contributed by atoms with E-state index in [4.69, 9.17) is 21.1 Å². The van der Waals surface area contributed by atoms with Gasteiger partial charge in [0.1, 0.15) is 11.5 Å². The van der Waals surface area contributed by atoms with Crippen LogP contribution < -0.4 is 14.8 Å². The Morgan fingerprint density at radius 1 is 1.12 bits per heavy atom. The lowest BCUT2D eigenvalue weighted by molar-refractivity contribution is -0.127. The van der Waals surface area contributed by atoms with Crippen LogP contribution in [-0.4, -0.2) is 25.7 Å². The van der Waals surface area contributed by atoms with E-state index in [1.165, 1.54) is 0 Å². The molecule has 0 aromatic heterocycles. The number of carbonyl (C=O) groups excluding carboxylic acids is 1. The third-order valence-corrected chi connectivity index (χ3v) is 3.94. The van der Waals surface area contributed by atoms with Crippen molar-refractivity contribution in [1.29, 1.82) is 0 Å². The van der Waals surface area contributed by atoms with Gasteiger partial charge in [-0.3, -0.25) is 4.79 Å². The van der Waals surface area contributed by atoms with E-state index in [0.29, 0.717) is 17.3 Å². The molecular weight excluding hydrogens is 326 g/mol. The molecule has 0 spiro atoms. The summed E-state index contributed by atoms with van der Waals surface area (Å²) in [5, 5.41) is 3.38. The Balaban J connectivity index is 1.75. The zero-order valence-corrected chi connectivity index (χ0v) is 14.7. The normalized spacial score (nSPS) is 11.6. The van der Waals surface area contributed by atoms with Crippen molar-refractivity contribution in [2.24, 2.45) is 0 Å². The lowest BCUT2D eigenvalue weighted by atomic mass is 10.1. The number of aryl methyl sites for hydroxylation is 1. The number of hydrogen-bond donors (Lipinski definition) is 1. The molecule has 0 heterocycles. The van der Waals surface area contributed by atoms with Crippen molar-refractivity contribution in [3.05, 3.63) is 59.1 Å². The summed E-state index contributed by atoms with van der Waals surface area (Å²) in [7, 11) is 1.66. The number of nitrogens with one attached hydrogen (secondary N) is 1. The first kappa shape index (κ1) is 18.1. The fourth-order valence-corrected chi connectivity index (χ4v) is 2.51. The van der Waals surface area contributed by atoms with Gasteiger partial charge in [0.25, 0.3) is 5.91 Å². The van der Waals surface area contributed by atoms with Crippen LogP contribution in [0.1, 0.15) is 18.9 Å². The number of ether oxygens (including phenoxy) is 2. The van der Waals surface area contributed by atoms with E-state index < -0.39 is 6.10 Å². The van der Waals surface area contributed by atoms with E-state index in [0.717, 1.165) is 24.2 Å². The average molecular weight is 348 g/mol. The Bertz CT molecular complexity index is 675. The third-order valence-electron chi connectivity index (χ3n) is 3.62. The fraction of sp³-hybridized carbons (Fsp3) is 0.316. The molecule has 2 aromatic carbocycles. The number of amides is 1. The minimum absolute atomic E-state index is 0.157. The smallest absolute Gasteiger partial charge is 0.260 e. The maximum Gasteiger partial charge on any atom is 0.260 e. The topological polar surface area (TPSA) is 47.6 Å². The highest BCUT2D eigenvalue weighted by Gasteiger charge is 2.15. The van der Waals surface area contributed by atoms with Gasteiger partial charge in [0.2, 0.25) is 0 Å². The summed E-state index contributed by atoms with van der Waals surface area (Å²) >= 11 is 6.03. The van der Waals surface area contributed by atoms with Crippen LogP contribution in [0.2, 0.25) is 5.02 Å². The molecule has 0 radical (unpaired) electrons. The van der Waals surface area contributed by atoms with Gasteiger partial charge in [0.15, 0.2) is 6.10 Å². The van der Waals surface area contributed by atoms with Crippen LogP contribution in [0.15, 0.2) is 48.5 Å². The first-order valence-corrected chi connectivity index (χ1v) is 8.30. The number of benzene rings is 2. The van der Waals surface area contributed by atoms with Gasteiger partial charge >= 0.3 is 0 Å². The van der Waals surface area contributed by atoms with Crippen molar-refractivity contribution in [2.75, 3.05) is 13.7 Å². The number of methoxy groups -OCH3 is 1. The molecule has 1 amide bonds. The van der Waals surface area contributed by atoms with E-state index >= 15 is 0 Å².